The standard InChI is InChI=1S/C27H22ClFN2O3S.C2HF3O2/c1-34-27-22(12-13-30)23-15-20(19-7-6-17-4-2-3-5-18(17)14-19)8-11-26(23)31(27)35(32,33)21-9-10-25(29)24(28)16-21;3-2(4,5)1(6)7/h2-11,14-16H,12-13,30H2,1H3;(H,6,7). The highest BCUT2D eigenvalue weighted by Gasteiger charge is 2.38. The lowest BCUT2D eigenvalue weighted by atomic mass is 9.99. The van der Waals surface area contributed by atoms with Crippen LogP contribution < -0.4 is 10.5 Å². The molecule has 0 amide bonds. The van der Waals surface area contributed by atoms with Crippen LogP contribution in [0.5, 0.6) is 5.88 Å². The van der Waals surface area contributed by atoms with Gasteiger partial charge in [-0.3, -0.25) is 0 Å². The molecule has 7 nitrogen and oxygen atoms in total. The molecule has 0 saturated carbocycles. The highest BCUT2D eigenvalue weighted by molar-refractivity contribution is 7.90. The van der Waals surface area contributed by atoms with E-state index in [9.17, 15) is 26.0 Å². The average molecular weight is 623 g/mol. The Morgan fingerprint density at radius 2 is 1.60 bits per heavy atom. The van der Waals surface area contributed by atoms with Crippen LogP contribution in [0.4, 0.5) is 17.6 Å². The van der Waals surface area contributed by atoms with Gasteiger partial charge in [0.15, 0.2) is 0 Å². The maximum Gasteiger partial charge on any atom is 0.490 e. The van der Waals surface area contributed by atoms with Crippen LogP contribution >= 0.6 is 11.6 Å². The Kier molecular flexibility index (Phi) is 8.81. The van der Waals surface area contributed by atoms with Gasteiger partial charge < -0.3 is 15.6 Å². The topological polar surface area (TPSA) is 112 Å². The van der Waals surface area contributed by atoms with Crippen LogP contribution in [0.3, 0.4) is 0 Å². The van der Waals surface area contributed by atoms with E-state index in [1.54, 1.807) is 6.07 Å². The summed E-state index contributed by atoms with van der Waals surface area (Å²) >= 11 is 5.89. The molecule has 1 heterocycles. The predicted molar refractivity (Wildman–Crippen MR) is 152 cm³/mol. The normalized spacial score (nSPS) is 11.8. The first-order valence-corrected chi connectivity index (χ1v) is 14.0. The molecule has 42 heavy (non-hydrogen) atoms. The summed E-state index contributed by atoms with van der Waals surface area (Å²) in [6, 6.07) is 23.2. The van der Waals surface area contributed by atoms with Gasteiger partial charge in [0.25, 0.3) is 10.0 Å². The minimum Gasteiger partial charge on any atom is -0.481 e. The summed E-state index contributed by atoms with van der Waals surface area (Å²) in [4.78, 5) is 8.75. The van der Waals surface area contributed by atoms with E-state index in [-0.39, 0.29) is 15.8 Å². The summed E-state index contributed by atoms with van der Waals surface area (Å²) in [5.41, 5.74) is 8.94. The van der Waals surface area contributed by atoms with Crippen molar-refractivity contribution in [3.05, 3.63) is 95.3 Å². The summed E-state index contributed by atoms with van der Waals surface area (Å²) in [7, 11) is -2.73. The third kappa shape index (κ3) is 6.06. The molecule has 5 rings (SSSR count). The molecule has 4 aromatic carbocycles. The second kappa shape index (κ2) is 12.0. The number of aromatic nitrogens is 1. The van der Waals surface area contributed by atoms with Crippen LogP contribution in [0.1, 0.15) is 5.56 Å². The summed E-state index contributed by atoms with van der Waals surface area (Å²) in [5, 5.41) is 9.81. The molecule has 13 heteroatoms. The molecule has 3 N–H and O–H groups in total. The molecular formula is C29H23ClF4N2O5S. The van der Waals surface area contributed by atoms with E-state index in [0.29, 0.717) is 24.0 Å². The van der Waals surface area contributed by atoms with E-state index in [2.05, 4.69) is 24.3 Å². The molecule has 0 spiro atoms. The number of benzene rings is 4. The zero-order chi connectivity index (χ0) is 30.8. The van der Waals surface area contributed by atoms with Gasteiger partial charge in [-0.15, -0.1) is 0 Å². The van der Waals surface area contributed by atoms with Crippen molar-refractivity contribution in [2.45, 2.75) is 17.5 Å². The molecule has 5 aromatic rings. The number of methoxy groups -OCH3 is 1. The van der Waals surface area contributed by atoms with Gasteiger partial charge in [0.1, 0.15) is 5.82 Å². The molecule has 220 valence electrons. The Hall–Kier alpha value is -4.13. The van der Waals surface area contributed by atoms with Crippen LogP contribution in [0.2, 0.25) is 5.02 Å². The van der Waals surface area contributed by atoms with Gasteiger partial charge in [0.2, 0.25) is 5.88 Å². The fourth-order valence-corrected chi connectivity index (χ4v) is 6.21. The summed E-state index contributed by atoms with van der Waals surface area (Å²) in [5.74, 6) is -3.28. The lowest BCUT2D eigenvalue weighted by molar-refractivity contribution is -0.192. The SMILES string of the molecule is COc1c(CCN)c2cc(-c3ccc4ccccc4c3)ccc2n1S(=O)(=O)c1ccc(F)c(Cl)c1.O=C(O)C(F)(F)F. The van der Waals surface area contributed by atoms with E-state index < -0.39 is 28.0 Å². The largest absolute Gasteiger partial charge is 0.490 e. The number of halogens is 5. The number of carboxylic acid groups (broad SMARTS) is 1. The number of nitrogens with zero attached hydrogens (tertiary/aromatic N) is 1. The van der Waals surface area contributed by atoms with Crippen LogP contribution in [-0.4, -0.2) is 43.3 Å². The summed E-state index contributed by atoms with van der Waals surface area (Å²) in [6.45, 7) is 0.304. The molecular weight excluding hydrogens is 600 g/mol. The van der Waals surface area contributed by atoms with Crippen LogP contribution in [0.25, 0.3) is 32.8 Å². The molecule has 0 radical (unpaired) electrons. The quantitative estimate of drug-likeness (QED) is 0.206. The Morgan fingerprint density at radius 1 is 0.976 bits per heavy atom. The minimum absolute atomic E-state index is 0.142. The number of alkyl halides is 3. The molecule has 1 aromatic heterocycles. The van der Waals surface area contributed by atoms with Gasteiger partial charge >= 0.3 is 12.1 Å². The van der Waals surface area contributed by atoms with Crippen molar-refractivity contribution in [2.24, 2.45) is 5.73 Å². The molecule has 0 aliphatic carbocycles. The summed E-state index contributed by atoms with van der Waals surface area (Å²) < 4.78 is 79.6. The van der Waals surface area contributed by atoms with Gasteiger partial charge in [0.05, 0.1) is 22.5 Å². The summed E-state index contributed by atoms with van der Waals surface area (Å²) in [6.07, 6.45) is -4.67. The van der Waals surface area contributed by atoms with E-state index in [0.717, 1.165) is 43.4 Å². The second-order valence-corrected chi connectivity index (χ2v) is 11.2. The van der Waals surface area contributed by atoms with Gasteiger partial charge in [-0.1, -0.05) is 54.1 Å². The fraction of sp³-hybridized carbons (Fsp3) is 0.138. The van der Waals surface area contributed by atoms with E-state index >= 15 is 0 Å². The number of fused-ring (bicyclic) bond motifs is 2. The highest BCUT2D eigenvalue weighted by atomic mass is 35.5. The molecule has 0 saturated heterocycles. The van der Waals surface area contributed by atoms with Crippen LogP contribution in [0, 0.1) is 5.82 Å². The maximum atomic E-state index is 13.7. The van der Waals surface area contributed by atoms with E-state index in [1.807, 2.05) is 30.3 Å². The van der Waals surface area contributed by atoms with Gasteiger partial charge in [-0.25, -0.2) is 21.6 Å². The second-order valence-electron chi connectivity index (χ2n) is 8.97. The molecule has 0 bridgehead atoms. The third-order valence-corrected chi connectivity index (χ3v) is 8.31. The van der Waals surface area contributed by atoms with Crippen LogP contribution in [-0.2, 0) is 21.2 Å². The van der Waals surface area contributed by atoms with Crippen molar-refractivity contribution in [1.29, 1.82) is 0 Å². The zero-order valence-corrected chi connectivity index (χ0v) is 23.4. The average Bonchev–Trinajstić information content (AvgIpc) is 3.27. The maximum absolute atomic E-state index is 13.7. The van der Waals surface area contributed by atoms with E-state index in [1.165, 1.54) is 13.2 Å². The Bertz CT molecular complexity index is 1910. The highest BCUT2D eigenvalue weighted by Crippen LogP contribution is 2.38. The number of hydrogen-bond acceptors (Lipinski definition) is 5. The Balaban J connectivity index is 0.000000517. The molecule has 0 aliphatic rings. The van der Waals surface area contributed by atoms with Crippen molar-refractivity contribution in [2.75, 3.05) is 13.7 Å². The van der Waals surface area contributed by atoms with Crippen LogP contribution in [0.15, 0.2) is 83.8 Å². The third-order valence-electron chi connectivity index (χ3n) is 6.33. The van der Waals surface area contributed by atoms with Gasteiger partial charge in [-0.05, 0) is 71.3 Å². The fourth-order valence-electron chi connectivity index (χ4n) is 4.42. The predicted octanol–water partition coefficient (Wildman–Crippen LogP) is 6.63. The number of aliphatic carboxylic acids is 1. The number of carboxylic acids is 1. The van der Waals surface area contributed by atoms with Gasteiger partial charge in [-0.2, -0.15) is 13.2 Å². The van der Waals surface area contributed by atoms with Crippen molar-refractivity contribution in [3.63, 3.8) is 0 Å². The van der Waals surface area contributed by atoms with Crippen molar-refractivity contribution < 1.29 is 40.6 Å². The lowest BCUT2D eigenvalue weighted by Crippen LogP contribution is -2.21. The smallest absolute Gasteiger partial charge is 0.481 e. The molecule has 0 aliphatic heterocycles. The number of nitrogens with two attached hydrogens (primary N) is 1. The first-order valence-electron chi connectivity index (χ1n) is 12.2. The van der Waals surface area contributed by atoms with Crippen molar-refractivity contribution >= 4 is 49.3 Å². The Morgan fingerprint density at radius 3 is 2.19 bits per heavy atom. The number of rotatable bonds is 6. The first kappa shape index (κ1) is 30.8. The lowest BCUT2D eigenvalue weighted by Gasteiger charge is -2.12. The number of ether oxygens (including phenoxy) is 1. The number of hydrogen-bond donors (Lipinski definition) is 2. The van der Waals surface area contributed by atoms with E-state index in [4.69, 9.17) is 32.0 Å². The minimum atomic E-state index is -5.08. The van der Waals surface area contributed by atoms with Crippen molar-refractivity contribution in [3.8, 4) is 17.0 Å². The van der Waals surface area contributed by atoms with Crippen molar-refractivity contribution in [1.82, 2.24) is 3.97 Å². The number of carbonyl (C=O) groups is 1. The zero-order valence-electron chi connectivity index (χ0n) is 21.8. The van der Waals surface area contributed by atoms with Gasteiger partial charge in [0, 0.05) is 10.9 Å². The molecule has 0 atom stereocenters. The monoisotopic (exact) mass is 622 g/mol. The Labute approximate surface area is 242 Å². The first-order chi connectivity index (χ1) is 19.8. The molecule has 0 unspecified atom stereocenters. The molecule has 0 fully saturated rings.